The number of nitrogens with one attached hydrogen (secondary N) is 1. The number of alkyl halides is 1. The van der Waals surface area contributed by atoms with Gasteiger partial charge in [-0.15, -0.1) is 0 Å². The average Bonchev–Trinajstić information content (AvgIpc) is 2.34. The lowest BCUT2D eigenvalue weighted by atomic mass is 10.2. The number of hydrogen-bond donors (Lipinski definition) is 1. The van der Waals surface area contributed by atoms with Gasteiger partial charge in [-0.25, -0.2) is 0 Å². The summed E-state index contributed by atoms with van der Waals surface area (Å²) in [7, 11) is 0. The lowest BCUT2D eigenvalue weighted by Gasteiger charge is -2.09. The number of rotatable bonds is 5. The molecule has 5 nitrogen and oxygen atoms in total. The summed E-state index contributed by atoms with van der Waals surface area (Å²) in [5, 5.41) is 13.5. The van der Waals surface area contributed by atoms with E-state index < -0.39 is 4.92 Å². The summed E-state index contributed by atoms with van der Waals surface area (Å²) in [5.74, 6) is -0.376. The van der Waals surface area contributed by atoms with Gasteiger partial charge in [-0.05, 0) is 12.5 Å². The first kappa shape index (κ1) is 14.9. The molecule has 1 unspecified atom stereocenters. The van der Waals surface area contributed by atoms with Crippen molar-refractivity contribution in [2.45, 2.75) is 18.2 Å². The maximum Gasteiger partial charge on any atom is 0.271 e. The quantitative estimate of drug-likeness (QED) is 0.510. The molecule has 1 N–H and O–H groups in total. The minimum Gasteiger partial charge on any atom is -0.351 e. The largest absolute Gasteiger partial charge is 0.351 e. The minimum absolute atomic E-state index is 0.167. The second-order valence-electron chi connectivity index (χ2n) is 3.67. The van der Waals surface area contributed by atoms with Gasteiger partial charge in [0, 0.05) is 34.1 Å². The van der Waals surface area contributed by atoms with E-state index in [0.29, 0.717) is 6.54 Å². The van der Waals surface area contributed by atoms with Crippen molar-refractivity contribution in [1.82, 2.24) is 5.32 Å². The van der Waals surface area contributed by atoms with Crippen molar-refractivity contribution in [2.75, 3.05) is 6.54 Å². The van der Waals surface area contributed by atoms with Gasteiger partial charge in [0.1, 0.15) is 0 Å². The highest BCUT2D eigenvalue weighted by Gasteiger charge is 2.14. The standard InChI is InChI=1S/C11H12BrClN2O3/c1-2-8(12)6-14-11(16)7-3-9(13)5-10(4-7)15(17)18/h3-5,8H,2,6H2,1H3,(H,14,16). The number of halogens is 2. The minimum atomic E-state index is -0.581. The highest BCUT2D eigenvalue weighted by Crippen LogP contribution is 2.20. The second kappa shape index (κ2) is 6.70. The third kappa shape index (κ3) is 4.27. The van der Waals surface area contributed by atoms with E-state index in [2.05, 4.69) is 21.2 Å². The Morgan fingerprint density at radius 2 is 2.22 bits per heavy atom. The van der Waals surface area contributed by atoms with Crippen LogP contribution in [0.1, 0.15) is 23.7 Å². The summed E-state index contributed by atoms with van der Waals surface area (Å²) in [6.45, 7) is 2.44. The molecule has 0 saturated heterocycles. The highest BCUT2D eigenvalue weighted by molar-refractivity contribution is 9.09. The zero-order chi connectivity index (χ0) is 13.7. The van der Waals surface area contributed by atoms with E-state index in [0.717, 1.165) is 6.42 Å². The van der Waals surface area contributed by atoms with Gasteiger partial charge in [0.25, 0.3) is 11.6 Å². The number of carbonyl (C=O) groups is 1. The number of carbonyl (C=O) groups excluding carboxylic acids is 1. The predicted octanol–water partition coefficient (Wildman–Crippen LogP) is 3.15. The molecule has 1 amide bonds. The third-order valence-corrected chi connectivity index (χ3v) is 3.47. The molecule has 0 aromatic heterocycles. The van der Waals surface area contributed by atoms with Crippen LogP contribution in [-0.4, -0.2) is 22.2 Å². The Morgan fingerprint density at radius 1 is 1.56 bits per heavy atom. The fraction of sp³-hybridized carbons (Fsp3) is 0.364. The van der Waals surface area contributed by atoms with Crippen LogP contribution in [0.3, 0.4) is 0 Å². The molecule has 1 rings (SSSR count). The van der Waals surface area contributed by atoms with Gasteiger partial charge in [0.2, 0.25) is 0 Å². The SMILES string of the molecule is CCC(Br)CNC(=O)c1cc(Cl)cc([N+](=O)[O-])c1. The number of nitro benzene ring substituents is 1. The van der Waals surface area contributed by atoms with Crippen LogP contribution in [0.5, 0.6) is 0 Å². The van der Waals surface area contributed by atoms with Crippen LogP contribution >= 0.6 is 27.5 Å². The first-order valence-electron chi connectivity index (χ1n) is 5.31. The number of nitro groups is 1. The smallest absolute Gasteiger partial charge is 0.271 e. The first-order valence-corrected chi connectivity index (χ1v) is 6.60. The van der Waals surface area contributed by atoms with Crippen molar-refractivity contribution in [2.24, 2.45) is 0 Å². The Balaban J connectivity index is 2.82. The van der Waals surface area contributed by atoms with Crippen LogP contribution in [0, 0.1) is 10.1 Å². The Kier molecular flexibility index (Phi) is 5.55. The van der Waals surface area contributed by atoms with Crippen molar-refractivity contribution in [3.63, 3.8) is 0 Å². The van der Waals surface area contributed by atoms with Gasteiger partial charge in [0.15, 0.2) is 0 Å². The first-order chi connectivity index (χ1) is 8.43. The van der Waals surface area contributed by atoms with Gasteiger partial charge in [0.05, 0.1) is 4.92 Å². The Labute approximate surface area is 118 Å². The molecule has 1 atom stereocenters. The van der Waals surface area contributed by atoms with Crippen LogP contribution in [-0.2, 0) is 0 Å². The van der Waals surface area contributed by atoms with Gasteiger partial charge < -0.3 is 5.32 Å². The highest BCUT2D eigenvalue weighted by atomic mass is 79.9. The summed E-state index contributed by atoms with van der Waals surface area (Å²) in [6, 6.07) is 3.81. The number of benzene rings is 1. The fourth-order valence-electron chi connectivity index (χ4n) is 1.26. The zero-order valence-corrected chi connectivity index (χ0v) is 12.0. The molecule has 1 aromatic rings. The predicted molar refractivity (Wildman–Crippen MR) is 73.4 cm³/mol. The topological polar surface area (TPSA) is 72.2 Å². The molecular weight excluding hydrogens is 323 g/mol. The van der Waals surface area contributed by atoms with Crippen LogP contribution in [0.15, 0.2) is 18.2 Å². The van der Waals surface area contributed by atoms with Crippen molar-refractivity contribution < 1.29 is 9.72 Å². The molecule has 0 aliphatic heterocycles. The maximum absolute atomic E-state index is 11.8. The van der Waals surface area contributed by atoms with E-state index in [1.807, 2.05) is 6.92 Å². The van der Waals surface area contributed by atoms with E-state index in [9.17, 15) is 14.9 Å². The average molecular weight is 336 g/mol. The van der Waals surface area contributed by atoms with E-state index in [-0.39, 0.29) is 27.0 Å². The molecule has 0 spiro atoms. The lowest BCUT2D eigenvalue weighted by molar-refractivity contribution is -0.384. The normalized spacial score (nSPS) is 11.9. The molecule has 18 heavy (non-hydrogen) atoms. The second-order valence-corrected chi connectivity index (χ2v) is 5.40. The lowest BCUT2D eigenvalue weighted by Crippen LogP contribution is -2.29. The Bertz CT molecular complexity index is 468. The zero-order valence-electron chi connectivity index (χ0n) is 9.65. The van der Waals surface area contributed by atoms with Gasteiger partial charge in [-0.2, -0.15) is 0 Å². The van der Waals surface area contributed by atoms with Crippen LogP contribution in [0.25, 0.3) is 0 Å². The number of amides is 1. The monoisotopic (exact) mass is 334 g/mol. The molecule has 0 saturated carbocycles. The molecule has 0 bridgehead atoms. The van der Waals surface area contributed by atoms with E-state index >= 15 is 0 Å². The summed E-state index contributed by atoms with van der Waals surface area (Å²) in [5.41, 5.74) is -0.0106. The van der Waals surface area contributed by atoms with Crippen LogP contribution in [0.4, 0.5) is 5.69 Å². The number of non-ortho nitro benzene ring substituents is 1. The number of hydrogen-bond acceptors (Lipinski definition) is 3. The molecular formula is C11H12BrClN2O3. The molecule has 0 aliphatic rings. The van der Waals surface area contributed by atoms with Gasteiger partial charge in [-0.3, -0.25) is 14.9 Å². The summed E-state index contributed by atoms with van der Waals surface area (Å²) in [6.07, 6.45) is 0.871. The van der Waals surface area contributed by atoms with Crippen molar-refractivity contribution in [3.8, 4) is 0 Å². The number of nitrogens with zero attached hydrogens (tertiary/aromatic N) is 1. The fourth-order valence-corrected chi connectivity index (χ4v) is 1.65. The molecule has 7 heteroatoms. The van der Waals surface area contributed by atoms with Gasteiger partial charge >= 0.3 is 0 Å². The van der Waals surface area contributed by atoms with E-state index in [1.54, 1.807) is 0 Å². The van der Waals surface area contributed by atoms with Crippen molar-refractivity contribution in [3.05, 3.63) is 38.9 Å². The van der Waals surface area contributed by atoms with Gasteiger partial charge in [-0.1, -0.05) is 34.5 Å². The molecule has 0 fully saturated rings. The van der Waals surface area contributed by atoms with Crippen LogP contribution in [0.2, 0.25) is 5.02 Å². The summed E-state index contributed by atoms with van der Waals surface area (Å²) in [4.78, 5) is 22.0. The molecule has 98 valence electrons. The molecule has 0 radical (unpaired) electrons. The third-order valence-electron chi connectivity index (χ3n) is 2.28. The van der Waals surface area contributed by atoms with Crippen LogP contribution < -0.4 is 5.32 Å². The summed E-state index contributed by atoms with van der Waals surface area (Å²) < 4.78 is 0. The molecule has 1 aromatic carbocycles. The van der Waals surface area contributed by atoms with Crippen molar-refractivity contribution >= 4 is 39.1 Å². The van der Waals surface area contributed by atoms with E-state index in [1.165, 1.54) is 18.2 Å². The Morgan fingerprint density at radius 3 is 2.78 bits per heavy atom. The summed E-state index contributed by atoms with van der Waals surface area (Å²) >= 11 is 9.12. The maximum atomic E-state index is 11.8. The Hall–Kier alpha value is -1.14. The molecule has 0 heterocycles. The van der Waals surface area contributed by atoms with E-state index in [4.69, 9.17) is 11.6 Å². The van der Waals surface area contributed by atoms with Crippen molar-refractivity contribution in [1.29, 1.82) is 0 Å². The molecule has 0 aliphatic carbocycles.